The van der Waals surface area contributed by atoms with Gasteiger partial charge in [-0.25, -0.2) is 0 Å². The van der Waals surface area contributed by atoms with Crippen LogP contribution in [0.5, 0.6) is 0 Å². The van der Waals surface area contributed by atoms with Crippen molar-refractivity contribution in [3.63, 3.8) is 0 Å². The molecule has 3 N–H and O–H groups in total. The van der Waals surface area contributed by atoms with Gasteiger partial charge in [-0.15, -0.1) is 12.4 Å². The first kappa shape index (κ1) is 20.5. The first-order valence-electron chi connectivity index (χ1n) is 8.38. The highest BCUT2D eigenvalue weighted by molar-refractivity contribution is 5.98. The van der Waals surface area contributed by atoms with Gasteiger partial charge in [0.2, 0.25) is 5.91 Å². The number of carbonyl (C=O) groups excluding carboxylic acids is 2. The average molecular weight is 354 g/mol. The molecule has 0 aliphatic carbocycles. The predicted octanol–water partition coefficient (Wildman–Crippen LogP) is 2.88. The quantitative estimate of drug-likeness (QED) is 0.736. The fourth-order valence-electron chi connectivity index (χ4n) is 2.80. The van der Waals surface area contributed by atoms with E-state index in [0.29, 0.717) is 23.6 Å². The van der Waals surface area contributed by atoms with Crippen molar-refractivity contribution in [2.24, 2.45) is 5.92 Å². The summed E-state index contributed by atoms with van der Waals surface area (Å²) >= 11 is 0. The number of aryl methyl sites for hydroxylation is 1. The normalized spacial score (nSPS) is 16.6. The predicted molar refractivity (Wildman–Crippen MR) is 99.9 cm³/mol. The third-order valence-electron chi connectivity index (χ3n) is 4.13. The summed E-state index contributed by atoms with van der Waals surface area (Å²) < 4.78 is 0. The van der Waals surface area contributed by atoms with Crippen LogP contribution in [0.15, 0.2) is 18.2 Å². The van der Waals surface area contributed by atoms with Gasteiger partial charge in [0, 0.05) is 23.7 Å². The van der Waals surface area contributed by atoms with Crippen molar-refractivity contribution in [2.75, 3.05) is 18.4 Å². The van der Waals surface area contributed by atoms with Crippen LogP contribution >= 0.6 is 12.4 Å². The van der Waals surface area contributed by atoms with Gasteiger partial charge < -0.3 is 16.0 Å². The molecule has 1 aromatic carbocycles. The monoisotopic (exact) mass is 353 g/mol. The van der Waals surface area contributed by atoms with Crippen molar-refractivity contribution < 1.29 is 9.59 Å². The molecule has 6 heteroatoms. The Bertz CT molecular complexity index is 569. The SMILES string of the molecule is Cc1ccc(NC(=O)CCC2CCNC2)cc1C(=O)NC(C)C.Cl. The number of anilines is 1. The second-order valence-corrected chi connectivity index (χ2v) is 6.60. The van der Waals surface area contributed by atoms with Gasteiger partial charge >= 0.3 is 0 Å². The largest absolute Gasteiger partial charge is 0.350 e. The molecule has 1 fully saturated rings. The van der Waals surface area contributed by atoms with Gasteiger partial charge in [0.1, 0.15) is 0 Å². The molecule has 2 amide bonds. The summed E-state index contributed by atoms with van der Waals surface area (Å²) in [6.45, 7) is 7.82. The Kier molecular flexibility index (Phi) is 8.22. The summed E-state index contributed by atoms with van der Waals surface area (Å²) in [4.78, 5) is 24.3. The van der Waals surface area contributed by atoms with E-state index in [1.807, 2.05) is 32.9 Å². The molecule has 1 aliphatic rings. The molecule has 24 heavy (non-hydrogen) atoms. The summed E-state index contributed by atoms with van der Waals surface area (Å²) in [5.74, 6) is 0.507. The van der Waals surface area contributed by atoms with Crippen molar-refractivity contribution in [1.29, 1.82) is 0 Å². The first-order valence-corrected chi connectivity index (χ1v) is 8.38. The Morgan fingerprint density at radius 2 is 2.08 bits per heavy atom. The molecule has 0 saturated carbocycles. The summed E-state index contributed by atoms with van der Waals surface area (Å²) in [6, 6.07) is 5.55. The lowest BCUT2D eigenvalue weighted by Gasteiger charge is -2.13. The topological polar surface area (TPSA) is 70.2 Å². The van der Waals surface area contributed by atoms with Crippen LogP contribution in [-0.4, -0.2) is 30.9 Å². The zero-order chi connectivity index (χ0) is 16.8. The first-order chi connectivity index (χ1) is 11.0. The Morgan fingerprint density at radius 3 is 2.71 bits per heavy atom. The van der Waals surface area contributed by atoms with E-state index in [2.05, 4.69) is 16.0 Å². The molecule has 2 rings (SSSR count). The molecule has 1 unspecified atom stereocenters. The molecule has 1 aliphatic heterocycles. The minimum absolute atomic E-state index is 0. The van der Waals surface area contributed by atoms with Crippen LogP contribution in [0.1, 0.15) is 49.0 Å². The van der Waals surface area contributed by atoms with Gasteiger partial charge in [-0.3, -0.25) is 9.59 Å². The summed E-state index contributed by atoms with van der Waals surface area (Å²) in [7, 11) is 0. The maximum Gasteiger partial charge on any atom is 0.251 e. The van der Waals surface area contributed by atoms with Crippen LogP contribution in [0.25, 0.3) is 0 Å². The molecule has 0 bridgehead atoms. The van der Waals surface area contributed by atoms with Crippen LogP contribution in [-0.2, 0) is 4.79 Å². The molecular formula is C18H28ClN3O2. The molecule has 0 radical (unpaired) electrons. The third kappa shape index (κ3) is 6.13. The summed E-state index contributed by atoms with van der Waals surface area (Å²) in [5.41, 5.74) is 2.19. The van der Waals surface area contributed by atoms with Crippen LogP contribution in [0.4, 0.5) is 5.69 Å². The van der Waals surface area contributed by atoms with Gasteiger partial charge in [0.05, 0.1) is 0 Å². The third-order valence-corrected chi connectivity index (χ3v) is 4.13. The summed E-state index contributed by atoms with van der Waals surface area (Å²) in [6.07, 6.45) is 2.58. The summed E-state index contributed by atoms with van der Waals surface area (Å²) in [5, 5.41) is 9.10. The number of halogens is 1. The van der Waals surface area contributed by atoms with Crippen LogP contribution in [0, 0.1) is 12.8 Å². The number of nitrogens with one attached hydrogen (secondary N) is 3. The molecule has 1 heterocycles. The van der Waals surface area contributed by atoms with E-state index in [-0.39, 0.29) is 30.3 Å². The maximum atomic E-state index is 12.2. The average Bonchev–Trinajstić information content (AvgIpc) is 2.99. The molecule has 134 valence electrons. The van der Waals surface area contributed by atoms with E-state index in [1.165, 1.54) is 0 Å². The zero-order valence-corrected chi connectivity index (χ0v) is 15.5. The smallest absolute Gasteiger partial charge is 0.251 e. The van der Waals surface area contributed by atoms with Crippen molar-refractivity contribution in [1.82, 2.24) is 10.6 Å². The minimum Gasteiger partial charge on any atom is -0.350 e. The highest BCUT2D eigenvalue weighted by Gasteiger charge is 2.16. The molecule has 0 aromatic heterocycles. The second-order valence-electron chi connectivity index (χ2n) is 6.60. The Hall–Kier alpha value is -1.59. The highest BCUT2D eigenvalue weighted by Crippen LogP contribution is 2.18. The number of hydrogen-bond donors (Lipinski definition) is 3. The fraction of sp³-hybridized carbons (Fsp3) is 0.556. The Morgan fingerprint density at radius 1 is 1.33 bits per heavy atom. The molecule has 1 aromatic rings. The van der Waals surface area contributed by atoms with Crippen LogP contribution in [0.3, 0.4) is 0 Å². The molecular weight excluding hydrogens is 326 g/mol. The molecule has 1 atom stereocenters. The molecule has 5 nitrogen and oxygen atoms in total. The standard InChI is InChI=1S/C18H27N3O2.ClH/c1-12(2)20-18(23)16-10-15(6-4-13(16)3)21-17(22)7-5-14-8-9-19-11-14;/h4,6,10,12,14,19H,5,7-9,11H2,1-3H3,(H,20,23)(H,21,22);1H. The Balaban J connectivity index is 0.00000288. The van der Waals surface area contributed by atoms with Crippen molar-refractivity contribution in [3.8, 4) is 0 Å². The number of rotatable bonds is 6. The lowest BCUT2D eigenvalue weighted by atomic mass is 10.0. The fourth-order valence-corrected chi connectivity index (χ4v) is 2.80. The van der Waals surface area contributed by atoms with E-state index in [0.717, 1.165) is 31.5 Å². The lowest BCUT2D eigenvalue weighted by molar-refractivity contribution is -0.116. The van der Waals surface area contributed by atoms with Crippen molar-refractivity contribution in [3.05, 3.63) is 29.3 Å². The van der Waals surface area contributed by atoms with Gasteiger partial charge in [-0.1, -0.05) is 6.07 Å². The van der Waals surface area contributed by atoms with E-state index < -0.39 is 0 Å². The van der Waals surface area contributed by atoms with Crippen LogP contribution in [0.2, 0.25) is 0 Å². The van der Waals surface area contributed by atoms with Gasteiger partial charge in [0.25, 0.3) is 5.91 Å². The number of benzene rings is 1. The molecule has 1 saturated heterocycles. The number of hydrogen-bond acceptors (Lipinski definition) is 3. The van der Waals surface area contributed by atoms with E-state index in [4.69, 9.17) is 0 Å². The van der Waals surface area contributed by atoms with Crippen LogP contribution < -0.4 is 16.0 Å². The number of carbonyl (C=O) groups is 2. The van der Waals surface area contributed by atoms with Crippen molar-refractivity contribution >= 4 is 29.9 Å². The molecule has 0 spiro atoms. The second kappa shape index (κ2) is 9.64. The maximum absolute atomic E-state index is 12.2. The lowest BCUT2D eigenvalue weighted by Crippen LogP contribution is -2.30. The highest BCUT2D eigenvalue weighted by atomic mass is 35.5. The minimum atomic E-state index is -0.106. The van der Waals surface area contributed by atoms with E-state index >= 15 is 0 Å². The zero-order valence-electron chi connectivity index (χ0n) is 14.6. The van der Waals surface area contributed by atoms with Gasteiger partial charge in [-0.05, 0) is 70.3 Å². The number of amides is 2. The van der Waals surface area contributed by atoms with E-state index in [9.17, 15) is 9.59 Å². The van der Waals surface area contributed by atoms with Gasteiger partial charge in [-0.2, -0.15) is 0 Å². The Labute approximate surface area is 150 Å². The van der Waals surface area contributed by atoms with E-state index in [1.54, 1.807) is 6.07 Å². The van der Waals surface area contributed by atoms with Crippen molar-refractivity contribution in [2.45, 2.75) is 46.1 Å². The van der Waals surface area contributed by atoms with Gasteiger partial charge in [0.15, 0.2) is 0 Å².